The molecule has 6 nitrogen and oxygen atoms in total. The Labute approximate surface area is 186 Å². The van der Waals surface area contributed by atoms with Crippen LogP contribution in [-0.2, 0) is 23.3 Å². The van der Waals surface area contributed by atoms with Gasteiger partial charge in [0.2, 0.25) is 0 Å². The number of hydrogen-bond donors (Lipinski definition) is 0. The number of rotatable bonds is 8. The van der Waals surface area contributed by atoms with Gasteiger partial charge in [-0.05, 0) is 70.1 Å². The molecule has 2 aromatic rings. The standard InChI is InChI=1S/C24H35N3O3S/c1-5-6-7-19-8-12-22(13-9-19)30-23-14-20-10-11-21(15-23)27(20)16-31(28,29)24-17(2)25-26(4)18(24)3/h8-9,12-13,20-21,23H,5-7,10-11,14-16H2,1-4H3/t20-,21+,23-. The maximum Gasteiger partial charge on any atom is 0.195 e. The van der Waals surface area contributed by atoms with Gasteiger partial charge in [-0.1, -0.05) is 25.5 Å². The highest BCUT2D eigenvalue weighted by Gasteiger charge is 2.44. The fourth-order valence-corrected chi connectivity index (χ4v) is 7.32. The molecule has 0 radical (unpaired) electrons. The zero-order valence-electron chi connectivity index (χ0n) is 19.2. The molecule has 1 aromatic heterocycles. The summed E-state index contributed by atoms with van der Waals surface area (Å²) >= 11 is 0. The lowest BCUT2D eigenvalue weighted by Crippen LogP contribution is -2.48. The zero-order chi connectivity index (χ0) is 22.2. The van der Waals surface area contributed by atoms with E-state index in [0.29, 0.717) is 16.3 Å². The maximum atomic E-state index is 13.2. The Morgan fingerprint density at radius 2 is 1.74 bits per heavy atom. The van der Waals surface area contributed by atoms with Crippen molar-refractivity contribution >= 4 is 9.84 Å². The molecule has 2 aliphatic rings. The zero-order valence-corrected chi connectivity index (χ0v) is 20.0. The van der Waals surface area contributed by atoms with E-state index in [0.717, 1.165) is 37.9 Å². The molecular formula is C24H35N3O3S. The van der Waals surface area contributed by atoms with Crippen molar-refractivity contribution in [3.05, 3.63) is 41.2 Å². The molecule has 7 heteroatoms. The Hall–Kier alpha value is -1.86. The third-order valence-corrected chi connectivity index (χ3v) is 8.81. The Balaban J connectivity index is 1.40. The SMILES string of the molecule is CCCCc1ccc(O[C@@H]2C[C@H]3CC[C@@H](C2)N3CS(=O)(=O)c2c(C)nn(C)c2C)cc1. The van der Waals surface area contributed by atoms with Gasteiger partial charge in [0.05, 0.1) is 11.4 Å². The van der Waals surface area contributed by atoms with Crippen LogP contribution in [0.2, 0.25) is 0 Å². The van der Waals surface area contributed by atoms with Crippen LogP contribution in [-0.4, -0.2) is 47.2 Å². The molecule has 4 rings (SSSR count). The van der Waals surface area contributed by atoms with Crippen molar-refractivity contribution in [1.29, 1.82) is 0 Å². The van der Waals surface area contributed by atoms with Crippen molar-refractivity contribution in [1.82, 2.24) is 14.7 Å². The first-order valence-electron chi connectivity index (χ1n) is 11.5. The normalized spacial score (nSPS) is 23.9. The topological polar surface area (TPSA) is 64.4 Å². The third kappa shape index (κ3) is 4.67. The molecule has 0 unspecified atom stereocenters. The van der Waals surface area contributed by atoms with Crippen LogP contribution in [0.25, 0.3) is 0 Å². The molecule has 170 valence electrons. The molecule has 0 aliphatic carbocycles. The van der Waals surface area contributed by atoms with Crippen molar-refractivity contribution in [2.75, 3.05) is 5.88 Å². The number of hydrogen-bond acceptors (Lipinski definition) is 5. The molecule has 2 saturated heterocycles. The summed E-state index contributed by atoms with van der Waals surface area (Å²) in [5.74, 6) is 1.00. The summed E-state index contributed by atoms with van der Waals surface area (Å²) < 4.78 is 34.4. The van der Waals surface area contributed by atoms with Gasteiger partial charge in [0.15, 0.2) is 9.84 Å². The van der Waals surface area contributed by atoms with Gasteiger partial charge in [0.1, 0.15) is 22.6 Å². The summed E-state index contributed by atoms with van der Waals surface area (Å²) in [6.45, 7) is 5.82. The summed E-state index contributed by atoms with van der Waals surface area (Å²) in [6, 6.07) is 9.02. The molecule has 2 aliphatic heterocycles. The first-order valence-corrected chi connectivity index (χ1v) is 13.2. The molecule has 2 bridgehead atoms. The van der Waals surface area contributed by atoms with Gasteiger partial charge in [-0.3, -0.25) is 9.58 Å². The molecule has 31 heavy (non-hydrogen) atoms. The molecule has 1 aromatic carbocycles. The molecule has 0 saturated carbocycles. The minimum absolute atomic E-state index is 0.0779. The molecule has 3 atom stereocenters. The van der Waals surface area contributed by atoms with E-state index in [1.165, 1.54) is 18.4 Å². The quantitative estimate of drug-likeness (QED) is 0.610. The predicted octanol–water partition coefficient (Wildman–Crippen LogP) is 4.19. The molecule has 3 heterocycles. The second-order valence-corrected chi connectivity index (χ2v) is 11.1. The Morgan fingerprint density at radius 1 is 1.10 bits per heavy atom. The first kappa shape index (κ1) is 22.3. The van der Waals surface area contributed by atoms with E-state index in [2.05, 4.69) is 41.2 Å². The van der Waals surface area contributed by atoms with Crippen LogP contribution >= 0.6 is 0 Å². The van der Waals surface area contributed by atoms with E-state index in [-0.39, 0.29) is 24.1 Å². The van der Waals surface area contributed by atoms with Crippen LogP contribution < -0.4 is 4.74 Å². The number of nitrogens with zero attached hydrogens (tertiary/aromatic N) is 3. The molecule has 0 amide bonds. The van der Waals surface area contributed by atoms with Crippen LogP contribution in [0.1, 0.15) is 62.4 Å². The first-order chi connectivity index (χ1) is 14.8. The monoisotopic (exact) mass is 445 g/mol. The van der Waals surface area contributed by atoms with Crippen molar-refractivity contribution in [2.24, 2.45) is 7.05 Å². The van der Waals surface area contributed by atoms with Crippen molar-refractivity contribution in [2.45, 2.75) is 88.8 Å². The van der Waals surface area contributed by atoms with Crippen LogP contribution in [0, 0.1) is 13.8 Å². The number of unbranched alkanes of at least 4 members (excludes halogenated alkanes) is 1. The van der Waals surface area contributed by atoms with Gasteiger partial charge in [-0.2, -0.15) is 5.10 Å². The fourth-order valence-electron chi connectivity index (χ4n) is 5.30. The number of benzene rings is 1. The van der Waals surface area contributed by atoms with Crippen molar-refractivity contribution in [3.8, 4) is 5.75 Å². The lowest BCUT2D eigenvalue weighted by molar-refractivity contribution is 0.0609. The molecule has 0 N–H and O–H groups in total. The van der Waals surface area contributed by atoms with E-state index < -0.39 is 9.84 Å². The van der Waals surface area contributed by atoms with E-state index in [1.807, 2.05) is 6.92 Å². The number of sulfone groups is 1. The number of piperidine rings is 1. The lowest BCUT2D eigenvalue weighted by Gasteiger charge is -2.38. The minimum atomic E-state index is -3.41. The number of fused-ring (bicyclic) bond motifs is 2. The predicted molar refractivity (Wildman–Crippen MR) is 122 cm³/mol. The lowest BCUT2D eigenvalue weighted by atomic mass is 10.0. The largest absolute Gasteiger partial charge is 0.490 e. The van der Waals surface area contributed by atoms with E-state index in [4.69, 9.17) is 4.74 Å². The average Bonchev–Trinajstić information content (AvgIpc) is 3.10. The number of ether oxygens (including phenoxy) is 1. The molecule has 0 spiro atoms. The second kappa shape index (κ2) is 8.94. The van der Waals surface area contributed by atoms with Crippen LogP contribution in [0.3, 0.4) is 0 Å². The summed E-state index contributed by atoms with van der Waals surface area (Å²) in [6.07, 6.45) is 7.53. The van der Waals surface area contributed by atoms with Crippen LogP contribution in [0.4, 0.5) is 0 Å². The minimum Gasteiger partial charge on any atom is -0.490 e. The van der Waals surface area contributed by atoms with Crippen molar-refractivity contribution in [3.63, 3.8) is 0 Å². The second-order valence-electron chi connectivity index (χ2n) is 9.23. The molecule has 2 fully saturated rings. The summed E-state index contributed by atoms with van der Waals surface area (Å²) in [5.41, 5.74) is 2.66. The van der Waals surface area contributed by atoms with Gasteiger partial charge < -0.3 is 4.74 Å². The molecular weight excluding hydrogens is 410 g/mol. The highest BCUT2D eigenvalue weighted by atomic mass is 32.2. The van der Waals surface area contributed by atoms with Gasteiger partial charge in [-0.15, -0.1) is 0 Å². The highest BCUT2D eigenvalue weighted by Crippen LogP contribution is 2.38. The smallest absolute Gasteiger partial charge is 0.195 e. The van der Waals surface area contributed by atoms with Gasteiger partial charge in [0.25, 0.3) is 0 Å². The number of aromatic nitrogens is 2. The fraction of sp³-hybridized carbons (Fsp3) is 0.625. The van der Waals surface area contributed by atoms with E-state index >= 15 is 0 Å². The highest BCUT2D eigenvalue weighted by molar-refractivity contribution is 7.91. The van der Waals surface area contributed by atoms with Crippen LogP contribution in [0.5, 0.6) is 5.75 Å². The average molecular weight is 446 g/mol. The summed E-state index contributed by atoms with van der Waals surface area (Å²) in [7, 11) is -1.62. The van der Waals surface area contributed by atoms with Gasteiger partial charge >= 0.3 is 0 Å². The third-order valence-electron chi connectivity index (χ3n) is 6.96. The van der Waals surface area contributed by atoms with Crippen molar-refractivity contribution < 1.29 is 13.2 Å². The number of aryl methyl sites for hydroxylation is 3. The maximum absolute atomic E-state index is 13.2. The van der Waals surface area contributed by atoms with Crippen LogP contribution in [0.15, 0.2) is 29.2 Å². The summed E-state index contributed by atoms with van der Waals surface area (Å²) in [4.78, 5) is 2.60. The van der Waals surface area contributed by atoms with E-state index in [9.17, 15) is 8.42 Å². The summed E-state index contributed by atoms with van der Waals surface area (Å²) in [5, 5.41) is 4.30. The van der Waals surface area contributed by atoms with Gasteiger partial charge in [0, 0.05) is 19.1 Å². The van der Waals surface area contributed by atoms with Gasteiger partial charge in [-0.25, -0.2) is 8.42 Å². The van der Waals surface area contributed by atoms with E-state index in [1.54, 1.807) is 18.7 Å². The Bertz CT molecular complexity index is 999. The Kier molecular flexibility index (Phi) is 6.44. The Morgan fingerprint density at radius 3 is 2.29 bits per heavy atom.